The van der Waals surface area contributed by atoms with E-state index in [0.717, 1.165) is 18.5 Å². The maximum atomic E-state index is 12.2. The molecule has 0 saturated heterocycles. The lowest BCUT2D eigenvalue weighted by Gasteiger charge is -2.25. The zero-order valence-electron chi connectivity index (χ0n) is 9.72. The van der Waals surface area contributed by atoms with Crippen molar-refractivity contribution in [3.05, 3.63) is 47.9 Å². The number of aromatic nitrogens is 1. The number of fused-ring (bicyclic) bond motifs is 1. The fraction of sp³-hybridized carbons (Fsp3) is 0.231. The third kappa shape index (κ3) is 2.00. The fourth-order valence-corrected chi connectivity index (χ4v) is 2.22. The summed E-state index contributed by atoms with van der Waals surface area (Å²) < 4.78 is 4.69. The third-order valence-electron chi connectivity index (χ3n) is 3.07. The van der Waals surface area contributed by atoms with Gasteiger partial charge in [-0.1, -0.05) is 29.4 Å². The van der Waals surface area contributed by atoms with Crippen LogP contribution in [0.3, 0.4) is 0 Å². The first-order chi connectivity index (χ1) is 8.84. The van der Waals surface area contributed by atoms with Gasteiger partial charge in [-0.3, -0.25) is 4.79 Å². The molecule has 1 aromatic heterocycles. The molecule has 1 unspecified atom stereocenters. The number of carbonyl (C=O) groups excluding carboxylic acids is 1. The Balaban J connectivity index is 1.83. The largest absolute Gasteiger partial charge is 0.363 e. The Morgan fingerprint density at radius 1 is 1.44 bits per heavy atom. The molecule has 1 aliphatic rings. The van der Waals surface area contributed by atoms with Crippen molar-refractivity contribution in [2.75, 3.05) is 11.9 Å². The van der Waals surface area contributed by atoms with Crippen LogP contribution < -0.4 is 10.6 Å². The Hall–Kier alpha value is -2.14. The Labute approximate surface area is 104 Å². The van der Waals surface area contributed by atoms with E-state index >= 15 is 0 Å². The molecule has 2 N–H and O–H groups in total. The first kappa shape index (κ1) is 11.0. The van der Waals surface area contributed by atoms with Crippen LogP contribution in [-0.2, 0) is 11.2 Å². The SMILES string of the molecule is O=C(Nc1cnoc1)C1NCCc2ccccc21. The van der Waals surface area contributed by atoms with E-state index in [0.29, 0.717) is 5.69 Å². The van der Waals surface area contributed by atoms with Crippen LogP contribution in [0.1, 0.15) is 17.2 Å². The Bertz CT molecular complexity index is 551. The Kier molecular flexibility index (Phi) is 2.82. The van der Waals surface area contributed by atoms with E-state index in [1.54, 1.807) is 0 Å². The van der Waals surface area contributed by atoms with Crippen LogP contribution in [0.2, 0.25) is 0 Å². The van der Waals surface area contributed by atoms with Crippen LogP contribution in [0.4, 0.5) is 5.69 Å². The first-order valence-corrected chi connectivity index (χ1v) is 5.86. The summed E-state index contributed by atoms with van der Waals surface area (Å²) in [4.78, 5) is 12.2. The zero-order valence-corrected chi connectivity index (χ0v) is 9.72. The van der Waals surface area contributed by atoms with Gasteiger partial charge in [0.15, 0.2) is 0 Å². The summed E-state index contributed by atoms with van der Waals surface area (Å²) in [5.74, 6) is -0.0923. The molecular weight excluding hydrogens is 230 g/mol. The zero-order chi connectivity index (χ0) is 12.4. The highest BCUT2D eigenvalue weighted by molar-refractivity contribution is 5.95. The summed E-state index contributed by atoms with van der Waals surface area (Å²) in [6.45, 7) is 0.804. The molecular formula is C13H13N3O2. The summed E-state index contributed by atoms with van der Waals surface area (Å²) in [6.07, 6.45) is 3.84. The van der Waals surface area contributed by atoms with Crippen LogP contribution in [-0.4, -0.2) is 17.6 Å². The van der Waals surface area contributed by atoms with E-state index in [9.17, 15) is 4.79 Å². The Morgan fingerprint density at radius 2 is 2.33 bits per heavy atom. The number of hydrogen-bond acceptors (Lipinski definition) is 4. The molecule has 0 fully saturated rings. The van der Waals surface area contributed by atoms with Crippen LogP contribution >= 0.6 is 0 Å². The van der Waals surface area contributed by atoms with E-state index in [-0.39, 0.29) is 11.9 Å². The highest BCUT2D eigenvalue weighted by atomic mass is 16.5. The Morgan fingerprint density at radius 3 is 3.17 bits per heavy atom. The molecule has 0 aliphatic carbocycles. The van der Waals surface area contributed by atoms with Gasteiger partial charge in [0, 0.05) is 6.54 Å². The number of nitrogens with zero attached hydrogens (tertiary/aromatic N) is 1. The molecule has 5 heteroatoms. The molecule has 2 heterocycles. The molecule has 1 aliphatic heterocycles. The molecule has 0 radical (unpaired) electrons. The molecule has 3 rings (SSSR count). The van der Waals surface area contributed by atoms with E-state index < -0.39 is 0 Å². The van der Waals surface area contributed by atoms with Crippen molar-refractivity contribution in [2.24, 2.45) is 0 Å². The van der Waals surface area contributed by atoms with Gasteiger partial charge >= 0.3 is 0 Å². The molecule has 5 nitrogen and oxygen atoms in total. The molecule has 92 valence electrons. The second kappa shape index (κ2) is 4.62. The van der Waals surface area contributed by atoms with Gasteiger partial charge in [0.05, 0.1) is 6.20 Å². The molecule has 1 amide bonds. The number of hydrogen-bond donors (Lipinski definition) is 2. The van der Waals surface area contributed by atoms with Gasteiger partial charge in [0.1, 0.15) is 18.0 Å². The average molecular weight is 243 g/mol. The van der Waals surface area contributed by atoms with E-state index in [1.807, 2.05) is 18.2 Å². The lowest BCUT2D eigenvalue weighted by atomic mass is 9.94. The van der Waals surface area contributed by atoms with Crippen LogP contribution in [0.25, 0.3) is 0 Å². The maximum absolute atomic E-state index is 12.2. The number of amides is 1. The van der Waals surface area contributed by atoms with E-state index in [4.69, 9.17) is 0 Å². The fourth-order valence-electron chi connectivity index (χ4n) is 2.22. The number of rotatable bonds is 2. The number of nitrogens with one attached hydrogen (secondary N) is 2. The maximum Gasteiger partial charge on any atom is 0.246 e. The van der Waals surface area contributed by atoms with Crippen LogP contribution in [0.5, 0.6) is 0 Å². The quantitative estimate of drug-likeness (QED) is 0.838. The smallest absolute Gasteiger partial charge is 0.246 e. The second-order valence-electron chi connectivity index (χ2n) is 4.24. The second-order valence-corrected chi connectivity index (χ2v) is 4.24. The summed E-state index contributed by atoms with van der Waals surface area (Å²) >= 11 is 0. The van der Waals surface area contributed by atoms with Gasteiger partial charge in [0.25, 0.3) is 0 Å². The minimum atomic E-state index is -0.315. The monoisotopic (exact) mass is 243 g/mol. The molecule has 1 aromatic carbocycles. The minimum absolute atomic E-state index is 0.0923. The highest BCUT2D eigenvalue weighted by Gasteiger charge is 2.25. The van der Waals surface area contributed by atoms with Gasteiger partial charge in [-0.2, -0.15) is 0 Å². The van der Waals surface area contributed by atoms with Crippen molar-refractivity contribution in [1.82, 2.24) is 10.5 Å². The van der Waals surface area contributed by atoms with Crippen molar-refractivity contribution in [3.8, 4) is 0 Å². The van der Waals surface area contributed by atoms with Crippen molar-refractivity contribution in [3.63, 3.8) is 0 Å². The van der Waals surface area contributed by atoms with Gasteiger partial charge < -0.3 is 15.2 Å². The summed E-state index contributed by atoms with van der Waals surface area (Å²) in [5, 5.41) is 9.55. The van der Waals surface area contributed by atoms with Crippen LogP contribution in [0, 0.1) is 0 Å². The summed E-state index contributed by atoms with van der Waals surface area (Å²) in [7, 11) is 0. The normalized spacial score (nSPS) is 18.1. The minimum Gasteiger partial charge on any atom is -0.363 e. The van der Waals surface area contributed by atoms with Crippen molar-refractivity contribution in [2.45, 2.75) is 12.5 Å². The summed E-state index contributed by atoms with van der Waals surface area (Å²) in [6, 6.07) is 7.68. The van der Waals surface area contributed by atoms with Crippen LogP contribution in [0.15, 0.2) is 41.2 Å². The number of carbonyl (C=O) groups is 1. The third-order valence-corrected chi connectivity index (χ3v) is 3.07. The highest BCUT2D eigenvalue weighted by Crippen LogP contribution is 2.23. The molecule has 0 spiro atoms. The van der Waals surface area contributed by atoms with Crippen molar-refractivity contribution < 1.29 is 9.32 Å². The topological polar surface area (TPSA) is 67.2 Å². The average Bonchev–Trinajstić information content (AvgIpc) is 2.91. The van der Waals surface area contributed by atoms with E-state index in [1.165, 1.54) is 18.0 Å². The molecule has 2 aromatic rings. The van der Waals surface area contributed by atoms with E-state index in [2.05, 4.69) is 26.4 Å². The van der Waals surface area contributed by atoms with Gasteiger partial charge in [-0.15, -0.1) is 0 Å². The number of anilines is 1. The van der Waals surface area contributed by atoms with Gasteiger partial charge in [0.2, 0.25) is 5.91 Å². The van der Waals surface area contributed by atoms with Gasteiger partial charge in [-0.05, 0) is 17.5 Å². The molecule has 1 atom stereocenters. The molecule has 0 saturated carbocycles. The molecule has 18 heavy (non-hydrogen) atoms. The number of benzene rings is 1. The van der Waals surface area contributed by atoms with Crippen molar-refractivity contribution >= 4 is 11.6 Å². The molecule has 0 bridgehead atoms. The predicted octanol–water partition coefficient (Wildman–Crippen LogP) is 1.50. The van der Waals surface area contributed by atoms with Gasteiger partial charge in [-0.25, -0.2) is 0 Å². The predicted molar refractivity (Wildman–Crippen MR) is 66.0 cm³/mol. The lowest BCUT2D eigenvalue weighted by Crippen LogP contribution is -2.38. The summed E-state index contributed by atoms with van der Waals surface area (Å²) in [5.41, 5.74) is 2.84. The lowest BCUT2D eigenvalue weighted by molar-refractivity contribution is -0.118. The first-order valence-electron chi connectivity index (χ1n) is 5.86. The van der Waals surface area contributed by atoms with Crippen molar-refractivity contribution in [1.29, 1.82) is 0 Å². The standard InChI is InChI=1S/C13H13N3O2/c17-13(16-10-7-15-18-8-10)12-11-4-2-1-3-9(11)5-6-14-12/h1-4,7-8,12,14H,5-6H2,(H,16,17).